The molecule has 1 unspecified atom stereocenters. The minimum absolute atomic E-state index is 0.0845. The highest BCUT2D eigenvalue weighted by Gasteiger charge is 2.13. The molecule has 25 heavy (non-hydrogen) atoms. The molecule has 0 saturated carbocycles. The first-order valence-corrected chi connectivity index (χ1v) is 9.06. The maximum atomic E-state index is 12.2. The molecule has 0 saturated heterocycles. The summed E-state index contributed by atoms with van der Waals surface area (Å²) in [6.07, 6.45) is 0. The van der Waals surface area contributed by atoms with Crippen LogP contribution in [0.15, 0.2) is 42.5 Å². The molecule has 2 aromatic rings. The molecule has 8 heteroatoms. The maximum absolute atomic E-state index is 12.2. The summed E-state index contributed by atoms with van der Waals surface area (Å²) in [5.41, 5.74) is 1.10. The molecule has 2 aromatic carbocycles. The van der Waals surface area contributed by atoms with E-state index in [2.05, 4.69) is 5.32 Å². The average molecular weight is 382 g/mol. The van der Waals surface area contributed by atoms with Crippen LogP contribution < -0.4 is 10.1 Å². The molecule has 0 radical (unpaired) electrons. The lowest BCUT2D eigenvalue weighted by Crippen LogP contribution is -2.20. The highest BCUT2D eigenvalue weighted by molar-refractivity contribution is 7.84. The third-order valence-corrected chi connectivity index (χ3v) is 4.70. The van der Waals surface area contributed by atoms with E-state index in [4.69, 9.17) is 21.4 Å². The van der Waals surface area contributed by atoms with Gasteiger partial charge in [0, 0.05) is 21.6 Å². The second-order valence-corrected chi connectivity index (χ2v) is 7.02. The van der Waals surface area contributed by atoms with Crippen LogP contribution in [0.5, 0.6) is 5.75 Å². The Bertz CT molecular complexity index is 824. The van der Waals surface area contributed by atoms with Crippen LogP contribution in [-0.2, 0) is 21.3 Å². The van der Waals surface area contributed by atoms with Crippen molar-refractivity contribution in [2.75, 3.05) is 18.2 Å². The second-order valence-electron chi connectivity index (χ2n) is 5.13. The lowest BCUT2D eigenvalue weighted by atomic mass is 10.1. The molecule has 1 amide bonds. The number of carboxylic acids is 1. The smallest absolute Gasteiger partial charge is 0.335 e. The van der Waals surface area contributed by atoms with Crippen LogP contribution in [0.1, 0.15) is 15.9 Å². The summed E-state index contributed by atoms with van der Waals surface area (Å²) in [7, 11) is -0.0242. The van der Waals surface area contributed by atoms with E-state index in [1.165, 1.54) is 25.3 Å². The van der Waals surface area contributed by atoms with Crippen LogP contribution >= 0.6 is 11.6 Å². The van der Waals surface area contributed by atoms with E-state index in [-0.39, 0.29) is 17.1 Å². The molecule has 0 aliphatic carbocycles. The van der Waals surface area contributed by atoms with Crippen molar-refractivity contribution in [1.82, 2.24) is 0 Å². The van der Waals surface area contributed by atoms with Crippen LogP contribution in [0.3, 0.4) is 0 Å². The number of nitrogens with one attached hydrogen (secondary N) is 1. The zero-order chi connectivity index (χ0) is 18.4. The number of benzene rings is 2. The van der Waals surface area contributed by atoms with Crippen molar-refractivity contribution in [3.63, 3.8) is 0 Å². The Morgan fingerprint density at radius 2 is 2.00 bits per heavy atom. The number of carbonyl (C=O) groups excluding carboxylic acids is 1. The summed E-state index contributed by atoms with van der Waals surface area (Å²) in [5, 5.41) is 12.0. The SMILES string of the molecule is COc1ccc(Cl)cc1NC(=O)CS(=O)Cc1cccc(C(=O)O)c1. The van der Waals surface area contributed by atoms with Gasteiger partial charge in [0.25, 0.3) is 0 Å². The Morgan fingerprint density at radius 3 is 2.68 bits per heavy atom. The van der Waals surface area contributed by atoms with Gasteiger partial charge in [-0.2, -0.15) is 0 Å². The maximum Gasteiger partial charge on any atom is 0.335 e. The fourth-order valence-electron chi connectivity index (χ4n) is 2.14. The third kappa shape index (κ3) is 5.58. The normalized spacial score (nSPS) is 11.6. The molecule has 0 heterocycles. The Labute approximate surface area is 152 Å². The molecule has 1 atom stereocenters. The van der Waals surface area contributed by atoms with Gasteiger partial charge in [0.1, 0.15) is 11.5 Å². The molecule has 0 fully saturated rings. The van der Waals surface area contributed by atoms with Gasteiger partial charge in [-0.1, -0.05) is 23.7 Å². The molecule has 6 nitrogen and oxygen atoms in total. The van der Waals surface area contributed by atoms with Gasteiger partial charge < -0.3 is 15.2 Å². The van der Waals surface area contributed by atoms with Gasteiger partial charge in [0.05, 0.1) is 18.4 Å². The summed E-state index contributed by atoms with van der Waals surface area (Å²) in [4.78, 5) is 23.0. The molecule has 0 aromatic heterocycles. The number of carbonyl (C=O) groups is 2. The first-order valence-electron chi connectivity index (χ1n) is 7.19. The van der Waals surface area contributed by atoms with Gasteiger partial charge in [0.2, 0.25) is 5.91 Å². The second kappa shape index (κ2) is 8.64. The molecule has 132 valence electrons. The van der Waals surface area contributed by atoms with Gasteiger partial charge >= 0.3 is 5.97 Å². The van der Waals surface area contributed by atoms with Crippen molar-refractivity contribution in [1.29, 1.82) is 0 Å². The molecule has 2 N–H and O–H groups in total. The standard InChI is InChI=1S/C17H16ClNO5S/c1-24-15-6-5-13(18)8-14(15)19-16(20)10-25(23)9-11-3-2-4-12(7-11)17(21)22/h2-8H,9-10H2,1H3,(H,19,20)(H,21,22). The number of hydrogen-bond acceptors (Lipinski definition) is 4. The van der Waals surface area contributed by atoms with E-state index < -0.39 is 22.7 Å². The van der Waals surface area contributed by atoms with E-state index in [0.29, 0.717) is 22.0 Å². The van der Waals surface area contributed by atoms with Gasteiger partial charge in [0.15, 0.2) is 0 Å². The fourth-order valence-corrected chi connectivity index (χ4v) is 3.33. The molecule has 2 rings (SSSR count). The number of aromatic carboxylic acids is 1. The highest BCUT2D eigenvalue weighted by atomic mass is 35.5. The van der Waals surface area contributed by atoms with Gasteiger partial charge in [-0.25, -0.2) is 4.79 Å². The molecular weight excluding hydrogens is 366 g/mol. The number of carboxylic acid groups (broad SMARTS) is 1. The number of hydrogen-bond donors (Lipinski definition) is 2. The molecule has 0 aliphatic rings. The fraction of sp³-hybridized carbons (Fsp3) is 0.176. The predicted molar refractivity (Wildman–Crippen MR) is 96.7 cm³/mol. The minimum atomic E-state index is -1.49. The number of halogens is 1. The van der Waals surface area contributed by atoms with Crippen molar-refractivity contribution in [2.24, 2.45) is 0 Å². The van der Waals surface area contributed by atoms with E-state index in [1.807, 2.05) is 0 Å². The Hall–Kier alpha value is -2.38. The van der Waals surface area contributed by atoms with Crippen LogP contribution in [0, 0.1) is 0 Å². The number of anilines is 1. The molecule has 0 spiro atoms. The van der Waals surface area contributed by atoms with E-state index in [0.717, 1.165) is 0 Å². The van der Waals surface area contributed by atoms with Crippen molar-refractivity contribution in [3.05, 3.63) is 58.6 Å². The molecule has 0 bridgehead atoms. The summed E-state index contributed by atoms with van der Waals surface area (Å²) in [5.74, 6) is -1.21. The Morgan fingerprint density at radius 1 is 1.24 bits per heavy atom. The summed E-state index contributed by atoms with van der Waals surface area (Å²) in [6.45, 7) is 0. The van der Waals surface area contributed by atoms with Crippen LogP contribution in [0.2, 0.25) is 5.02 Å². The number of methoxy groups -OCH3 is 1. The van der Waals surface area contributed by atoms with Gasteiger partial charge in [-0.15, -0.1) is 0 Å². The first kappa shape index (κ1) is 19.0. The van der Waals surface area contributed by atoms with Crippen molar-refractivity contribution in [2.45, 2.75) is 5.75 Å². The highest BCUT2D eigenvalue weighted by Crippen LogP contribution is 2.27. The lowest BCUT2D eigenvalue weighted by Gasteiger charge is -2.10. The number of amides is 1. The molecule has 0 aliphatic heterocycles. The quantitative estimate of drug-likeness (QED) is 0.769. The van der Waals surface area contributed by atoms with Crippen molar-refractivity contribution >= 4 is 40.0 Å². The zero-order valence-electron chi connectivity index (χ0n) is 13.3. The zero-order valence-corrected chi connectivity index (χ0v) is 14.9. The first-order chi connectivity index (χ1) is 11.9. The Kier molecular flexibility index (Phi) is 6.55. The molecular formula is C17H16ClNO5S. The summed E-state index contributed by atoms with van der Waals surface area (Å²) < 4.78 is 17.3. The summed E-state index contributed by atoms with van der Waals surface area (Å²) in [6, 6.07) is 10.9. The van der Waals surface area contributed by atoms with Gasteiger partial charge in [-0.3, -0.25) is 9.00 Å². The monoisotopic (exact) mass is 381 g/mol. The summed E-state index contributed by atoms with van der Waals surface area (Å²) >= 11 is 5.90. The van der Waals surface area contributed by atoms with Crippen LogP contribution in [0.25, 0.3) is 0 Å². The Balaban J connectivity index is 1.99. The van der Waals surface area contributed by atoms with E-state index in [9.17, 15) is 13.8 Å². The number of rotatable bonds is 7. The number of ether oxygens (including phenoxy) is 1. The predicted octanol–water partition coefficient (Wildman–Crippen LogP) is 2.93. The van der Waals surface area contributed by atoms with Crippen molar-refractivity contribution < 1.29 is 23.6 Å². The van der Waals surface area contributed by atoms with E-state index in [1.54, 1.807) is 24.3 Å². The average Bonchev–Trinajstić information content (AvgIpc) is 2.55. The van der Waals surface area contributed by atoms with Crippen LogP contribution in [-0.4, -0.2) is 34.1 Å². The lowest BCUT2D eigenvalue weighted by molar-refractivity contribution is -0.113. The van der Waals surface area contributed by atoms with Gasteiger partial charge in [-0.05, 0) is 35.9 Å². The van der Waals surface area contributed by atoms with E-state index >= 15 is 0 Å². The minimum Gasteiger partial charge on any atom is -0.495 e. The topological polar surface area (TPSA) is 92.7 Å². The van der Waals surface area contributed by atoms with Crippen molar-refractivity contribution in [3.8, 4) is 5.75 Å². The largest absolute Gasteiger partial charge is 0.495 e. The third-order valence-electron chi connectivity index (χ3n) is 3.23. The van der Waals surface area contributed by atoms with Crippen LogP contribution in [0.4, 0.5) is 5.69 Å².